The van der Waals surface area contributed by atoms with E-state index < -0.39 is 17.1 Å². The molecular formula is C35H36ClFN2O3. The highest BCUT2D eigenvalue weighted by Gasteiger charge is 2.37. The number of benzene rings is 4. The van der Waals surface area contributed by atoms with E-state index in [0.717, 1.165) is 42.7 Å². The summed E-state index contributed by atoms with van der Waals surface area (Å²) in [4.78, 5) is 15.2. The molecule has 0 spiro atoms. The first-order valence-corrected chi connectivity index (χ1v) is 14.8. The quantitative estimate of drug-likeness (QED) is 0.204. The molecule has 7 heteroatoms. The summed E-state index contributed by atoms with van der Waals surface area (Å²) in [6.07, 6.45) is 2.29. The molecule has 0 radical (unpaired) electrons. The zero-order valence-corrected chi connectivity index (χ0v) is 24.3. The highest BCUT2D eigenvalue weighted by Crippen LogP contribution is 2.38. The van der Waals surface area contributed by atoms with E-state index in [9.17, 15) is 14.3 Å². The van der Waals surface area contributed by atoms with Crippen molar-refractivity contribution in [3.8, 4) is 5.75 Å². The molecule has 1 saturated heterocycles. The van der Waals surface area contributed by atoms with Crippen LogP contribution in [0.5, 0.6) is 5.75 Å². The standard InChI is InChI=1S/C35H36ClFN2O3/c36-30-16-12-29(13-17-30)35(41)21-24-39(25-22-35)23-7-20-34(27-8-3-1-4-9-27,28-14-18-31(37)19-15-28)26-38-33(40)42-32-10-5-2-6-11-32/h1-6,8-19,41H,7,20-26H2,(H,38,40). The SMILES string of the molecule is O=C(NCC(CCCN1CCC(O)(c2ccc(Cl)cc2)CC1)(c1ccccc1)c1ccc(F)cc1)Oc1ccccc1. The van der Waals surface area contributed by atoms with Gasteiger partial charge in [0.2, 0.25) is 0 Å². The molecule has 2 N–H and O–H groups in total. The average molecular weight is 587 g/mol. The Morgan fingerprint density at radius 1 is 0.881 bits per heavy atom. The third-order valence-electron chi connectivity index (χ3n) is 8.35. The van der Waals surface area contributed by atoms with E-state index in [1.807, 2.05) is 60.7 Å². The van der Waals surface area contributed by atoms with Gasteiger partial charge in [0.15, 0.2) is 0 Å². The third-order valence-corrected chi connectivity index (χ3v) is 8.61. The van der Waals surface area contributed by atoms with Gasteiger partial charge in [-0.15, -0.1) is 0 Å². The molecule has 1 atom stereocenters. The Kier molecular flexibility index (Phi) is 9.58. The van der Waals surface area contributed by atoms with Gasteiger partial charge in [0.1, 0.15) is 11.6 Å². The number of carbonyl (C=O) groups is 1. The maximum atomic E-state index is 14.0. The maximum Gasteiger partial charge on any atom is 0.412 e. The summed E-state index contributed by atoms with van der Waals surface area (Å²) in [5, 5.41) is 15.0. The van der Waals surface area contributed by atoms with Crippen molar-refractivity contribution in [3.05, 3.63) is 137 Å². The lowest BCUT2D eigenvalue weighted by Gasteiger charge is -2.40. The minimum absolute atomic E-state index is 0.282. The maximum absolute atomic E-state index is 14.0. The Labute approximate surface area is 251 Å². The molecule has 1 amide bonds. The van der Waals surface area contributed by atoms with Crippen molar-refractivity contribution in [1.29, 1.82) is 0 Å². The van der Waals surface area contributed by atoms with Crippen LogP contribution in [0.2, 0.25) is 5.02 Å². The van der Waals surface area contributed by atoms with Crippen molar-refractivity contribution in [2.75, 3.05) is 26.2 Å². The Bertz CT molecular complexity index is 1430. The Morgan fingerprint density at radius 2 is 1.48 bits per heavy atom. The zero-order valence-electron chi connectivity index (χ0n) is 23.5. The molecule has 0 aliphatic carbocycles. The minimum Gasteiger partial charge on any atom is -0.410 e. The second kappa shape index (κ2) is 13.5. The predicted molar refractivity (Wildman–Crippen MR) is 164 cm³/mol. The molecule has 0 saturated carbocycles. The fourth-order valence-electron chi connectivity index (χ4n) is 5.93. The lowest BCUT2D eigenvalue weighted by atomic mass is 9.71. The molecule has 4 aromatic rings. The highest BCUT2D eigenvalue weighted by molar-refractivity contribution is 6.30. The average Bonchev–Trinajstić information content (AvgIpc) is 3.02. The van der Waals surface area contributed by atoms with Gasteiger partial charge in [0.25, 0.3) is 0 Å². The largest absolute Gasteiger partial charge is 0.412 e. The van der Waals surface area contributed by atoms with Crippen LogP contribution in [0.4, 0.5) is 9.18 Å². The molecule has 218 valence electrons. The molecule has 1 heterocycles. The van der Waals surface area contributed by atoms with Gasteiger partial charge in [-0.1, -0.05) is 84.4 Å². The number of nitrogens with zero attached hydrogens (tertiary/aromatic N) is 1. The first kappa shape index (κ1) is 29.8. The molecule has 1 fully saturated rings. The Balaban J connectivity index is 1.31. The summed E-state index contributed by atoms with van der Waals surface area (Å²) in [7, 11) is 0. The van der Waals surface area contributed by atoms with E-state index in [2.05, 4.69) is 22.3 Å². The molecule has 5 nitrogen and oxygen atoms in total. The monoisotopic (exact) mass is 586 g/mol. The molecule has 42 heavy (non-hydrogen) atoms. The third kappa shape index (κ3) is 7.19. The fourth-order valence-corrected chi connectivity index (χ4v) is 6.05. The lowest BCUT2D eigenvalue weighted by molar-refractivity contribution is -0.0262. The van der Waals surface area contributed by atoms with E-state index in [1.165, 1.54) is 12.1 Å². The number of ether oxygens (including phenoxy) is 1. The van der Waals surface area contributed by atoms with Crippen LogP contribution in [0, 0.1) is 5.82 Å². The number of para-hydroxylation sites is 1. The van der Waals surface area contributed by atoms with Gasteiger partial charge in [0, 0.05) is 30.1 Å². The first-order valence-electron chi connectivity index (χ1n) is 14.4. The van der Waals surface area contributed by atoms with Crippen molar-refractivity contribution in [2.24, 2.45) is 0 Å². The van der Waals surface area contributed by atoms with Crippen molar-refractivity contribution < 1.29 is 19.0 Å². The predicted octanol–water partition coefficient (Wildman–Crippen LogP) is 7.32. The molecular weight excluding hydrogens is 551 g/mol. The van der Waals surface area contributed by atoms with Crippen LogP contribution < -0.4 is 10.1 Å². The number of likely N-dealkylation sites (tertiary alicyclic amines) is 1. The van der Waals surface area contributed by atoms with Gasteiger partial charge >= 0.3 is 6.09 Å². The molecule has 1 unspecified atom stereocenters. The van der Waals surface area contributed by atoms with Gasteiger partial charge in [-0.3, -0.25) is 0 Å². The van der Waals surface area contributed by atoms with Gasteiger partial charge in [-0.05, 0) is 85.3 Å². The molecule has 1 aliphatic heterocycles. The topological polar surface area (TPSA) is 61.8 Å². The van der Waals surface area contributed by atoms with E-state index in [0.29, 0.717) is 30.0 Å². The van der Waals surface area contributed by atoms with E-state index in [4.69, 9.17) is 16.3 Å². The summed E-state index contributed by atoms with van der Waals surface area (Å²) in [6.45, 7) is 2.66. The second-order valence-corrected chi connectivity index (χ2v) is 11.4. The van der Waals surface area contributed by atoms with Crippen molar-refractivity contribution >= 4 is 17.7 Å². The zero-order chi connectivity index (χ0) is 29.4. The Hall–Kier alpha value is -3.71. The summed E-state index contributed by atoms with van der Waals surface area (Å²) >= 11 is 6.05. The number of hydrogen-bond donors (Lipinski definition) is 2. The minimum atomic E-state index is -0.855. The van der Waals surface area contributed by atoms with E-state index in [1.54, 1.807) is 24.3 Å². The van der Waals surface area contributed by atoms with Gasteiger partial charge in [-0.25, -0.2) is 9.18 Å². The van der Waals surface area contributed by atoms with Crippen molar-refractivity contribution in [1.82, 2.24) is 10.2 Å². The van der Waals surface area contributed by atoms with Gasteiger partial charge in [0.05, 0.1) is 5.60 Å². The van der Waals surface area contributed by atoms with Crippen LogP contribution in [0.25, 0.3) is 0 Å². The van der Waals surface area contributed by atoms with Gasteiger partial charge < -0.3 is 20.1 Å². The molecule has 0 bridgehead atoms. The lowest BCUT2D eigenvalue weighted by Crippen LogP contribution is -2.45. The number of hydrogen-bond acceptors (Lipinski definition) is 4. The van der Waals surface area contributed by atoms with Crippen LogP contribution in [0.15, 0.2) is 109 Å². The molecule has 5 rings (SSSR count). The second-order valence-electron chi connectivity index (χ2n) is 11.0. The number of halogens is 2. The normalized spacial score (nSPS) is 16.4. The number of amides is 1. The van der Waals surface area contributed by atoms with E-state index in [-0.39, 0.29) is 12.4 Å². The molecule has 1 aliphatic rings. The van der Waals surface area contributed by atoms with E-state index >= 15 is 0 Å². The highest BCUT2D eigenvalue weighted by atomic mass is 35.5. The van der Waals surface area contributed by atoms with Crippen LogP contribution >= 0.6 is 11.6 Å². The summed E-state index contributed by atoms with van der Waals surface area (Å²) in [6, 6.07) is 33.0. The van der Waals surface area contributed by atoms with Crippen LogP contribution in [-0.2, 0) is 11.0 Å². The number of carbonyl (C=O) groups excluding carboxylic acids is 1. The van der Waals surface area contributed by atoms with Crippen LogP contribution in [0.1, 0.15) is 42.4 Å². The fraction of sp³-hybridized carbons (Fsp3) is 0.286. The number of piperidine rings is 1. The molecule has 4 aromatic carbocycles. The number of nitrogens with one attached hydrogen (secondary N) is 1. The van der Waals surface area contributed by atoms with Crippen molar-refractivity contribution in [2.45, 2.75) is 36.7 Å². The summed E-state index contributed by atoms with van der Waals surface area (Å²) in [5.74, 6) is 0.157. The van der Waals surface area contributed by atoms with Crippen LogP contribution in [0.3, 0.4) is 0 Å². The van der Waals surface area contributed by atoms with Gasteiger partial charge in [-0.2, -0.15) is 0 Å². The first-order chi connectivity index (χ1) is 20.4. The van der Waals surface area contributed by atoms with Crippen LogP contribution in [-0.4, -0.2) is 42.3 Å². The Morgan fingerprint density at radius 3 is 2.12 bits per heavy atom. The molecule has 0 aromatic heterocycles. The smallest absolute Gasteiger partial charge is 0.410 e. The summed E-state index contributed by atoms with van der Waals surface area (Å²) in [5.41, 5.74) is 1.40. The number of rotatable bonds is 10. The summed E-state index contributed by atoms with van der Waals surface area (Å²) < 4.78 is 19.5. The van der Waals surface area contributed by atoms with Crippen molar-refractivity contribution in [3.63, 3.8) is 0 Å². The number of aliphatic hydroxyl groups is 1.